The maximum absolute atomic E-state index is 5.94. The molecule has 0 aromatic heterocycles. The zero-order valence-corrected chi connectivity index (χ0v) is 14.1. The molecule has 5 heteroatoms. The maximum atomic E-state index is 5.94. The molecule has 2 nitrogen and oxygen atoms in total. The van der Waals surface area contributed by atoms with Crippen molar-refractivity contribution < 1.29 is 4.74 Å². The Bertz CT molecular complexity index is 643. The highest BCUT2D eigenvalue weighted by Gasteiger charge is 2.10. The highest BCUT2D eigenvalue weighted by Crippen LogP contribution is 2.32. The quantitative estimate of drug-likeness (QED) is 0.740. The van der Waals surface area contributed by atoms with Gasteiger partial charge < -0.3 is 10.5 Å². The molecule has 2 rings (SSSR count). The SMILES string of the molecule is Cc1ccc(Br)cc1Oc1cc(Br)ccc1C(N)=S. The van der Waals surface area contributed by atoms with Gasteiger partial charge >= 0.3 is 0 Å². The largest absolute Gasteiger partial charge is 0.456 e. The third kappa shape index (κ3) is 3.55. The Morgan fingerprint density at radius 2 is 1.63 bits per heavy atom. The number of hydrogen-bond donors (Lipinski definition) is 1. The number of thiocarbonyl (C=S) groups is 1. The molecule has 19 heavy (non-hydrogen) atoms. The van der Waals surface area contributed by atoms with E-state index >= 15 is 0 Å². The van der Waals surface area contributed by atoms with E-state index in [0.29, 0.717) is 10.7 Å². The topological polar surface area (TPSA) is 35.2 Å². The monoisotopic (exact) mass is 399 g/mol. The minimum absolute atomic E-state index is 0.315. The van der Waals surface area contributed by atoms with Crippen molar-refractivity contribution in [2.45, 2.75) is 6.92 Å². The molecule has 0 aliphatic carbocycles. The number of halogens is 2. The standard InChI is InChI=1S/C14H11Br2NOS/c1-8-2-3-9(15)6-12(8)18-13-7-10(16)4-5-11(13)14(17)19/h2-7H,1H3,(H2,17,19). The van der Waals surface area contributed by atoms with Gasteiger partial charge in [0.2, 0.25) is 0 Å². The van der Waals surface area contributed by atoms with Gasteiger partial charge in [0.05, 0.1) is 5.56 Å². The van der Waals surface area contributed by atoms with Gasteiger partial charge in [0.15, 0.2) is 0 Å². The van der Waals surface area contributed by atoms with Gasteiger partial charge in [-0.3, -0.25) is 0 Å². The Kier molecular flexibility index (Phi) is 4.60. The molecule has 0 amide bonds. The van der Waals surface area contributed by atoms with Gasteiger partial charge in [-0.25, -0.2) is 0 Å². The van der Waals surface area contributed by atoms with Crippen molar-refractivity contribution in [1.29, 1.82) is 0 Å². The normalized spacial score (nSPS) is 10.3. The van der Waals surface area contributed by atoms with Crippen molar-refractivity contribution >= 4 is 49.1 Å². The Morgan fingerprint density at radius 3 is 2.26 bits per heavy atom. The van der Waals surface area contributed by atoms with Gasteiger partial charge in [0.1, 0.15) is 16.5 Å². The number of aryl methyl sites for hydroxylation is 1. The minimum atomic E-state index is 0.315. The molecule has 0 spiro atoms. The van der Waals surface area contributed by atoms with Crippen LogP contribution in [0.4, 0.5) is 0 Å². The Hall–Kier alpha value is -0.910. The van der Waals surface area contributed by atoms with Gasteiger partial charge in [-0.2, -0.15) is 0 Å². The van der Waals surface area contributed by atoms with Crippen LogP contribution in [0.15, 0.2) is 45.3 Å². The predicted molar refractivity (Wildman–Crippen MR) is 89.0 cm³/mol. The molecule has 2 N–H and O–H groups in total. The third-order valence-corrected chi connectivity index (χ3v) is 3.79. The van der Waals surface area contributed by atoms with E-state index in [4.69, 9.17) is 22.7 Å². The summed E-state index contributed by atoms with van der Waals surface area (Å²) in [4.78, 5) is 0.315. The van der Waals surface area contributed by atoms with Crippen LogP contribution in [0.1, 0.15) is 11.1 Å². The lowest BCUT2D eigenvalue weighted by Crippen LogP contribution is -2.10. The molecule has 0 radical (unpaired) electrons. The molecule has 2 aromatic carbocycles. The number of nitrogens with two attached hydrogens (primary N) is 1. The van der Waals surface area contributed by atoms with Crippen molar-refractivity contribution in [3.8, 4) is 11.5 Å². The van der Waals surface area contributed by atoms with E-state index in [1.165, 1.54) is 0 Å². The average molecular weight is 401 g/mol. The van der Waals surface area contributed by atoms with Crippen molar-refractivity contribution in [3.05, 3.63) is 56.5 Å². The lowest BCUT2D eigenvalue weighted by Gasteiger charge is -2.13. The van der Waals surface area contributed by atoms with E-state index in [-0.39, 0.29) is 0 Å². The summed E-state index contributed by atoms with van der Waals surface area (Å²) in [6, 6.07) is 11.5. The predicted octanol–water partition coefficient (Wildman–Crippen LogP) is 4.95. The van der Waals surface area contributed by atoms with E-state index in [0.717, 1.165) is 25.8 Å². The summed E-state index contributed by atoms with van der Waals surface area (Å²) >= 11 is 11.9. The molecule has 0 saturated heterocycles. The Balaban J connectivity index is 2.45. The van der Waals surface area contributed by atoms with Gasteiger partial charge in [0, 0.05) is 8.95 Å². The van der Waals surface area contributed by atoms with Gasteiger partial charge in [-0.1, -0.05) is 50.1 Å². The lowest BCUT2D eigenvalue weighted by molar-refractivity contribution is 0.477. The molecule has 0 aliphatic rings. The molecule has 2 aromatic rings. The zero-order chi connectivity index (χ0) is 14.0. The van der Waals surface area contributed by atoms with Crippen LogP contribution in [0.5, 0.6) is 11.5 Å². The fraction of sp³-hybridized carbons (Fsp3) is 0.0714. The van der Waals surface area contributed by atoms with Crippen LogP contribution in [0.25, 0.3) is 0 Å². The summed E-state index contributed by atoms with van der Waals surface area (Å²) in [5.74, 6) is 1.41. The molecule has 0 aliphatic heterocycles. The molecule has 0 heterocycles. The molecule has 0 unspecified atom stereocenters. The number of hydrogen-bond acceptors (Lipinski definition) is 2. The Labute approximate surface area is 134 Å². The first-order valence-electron chi connectivity index (χ1n) is 5.51. The van der Waals surface area contributed by atoms with Gasteiger partial charge in [-0.05, 0) is 42.8 Å². The number of benzene rings is 2. The molecule has 98 valence electrons. The van der Waals surface area contributed by atoms with E-state index in [2.05, 4.69) is 31.9 Å². The minimum Gasteiger partial charge on any atom is -0.456 e. The fourth-order valence-electron chi connectivity index (χ4n) is 1.59. The molecular weight excluding hydrogens is 390 g/mol. The lowest BCUT2D eigenvalue weighted by atomic mass is 10.2. The van der Waals surface area contributed by atoms with Crippen molar-refractivity contribution in [2.24, 2.45) is 5.73 Å². The fourth-order valence-corrected chi connectivity index (χ4v) is 2.44. The summed E-state index contributed by atoms with van der Waals surface area (Å²) < 4.78 is 7.81. The van der Waals surface area contributed by atoms with E-state index in [9.17, 15) is 0 Å². The summed E-state index contributed by atoms with van der Waals surface area (Å²) in [5, 5.41) is 0. The summed E-state index contributed by atoms with van der Waals surface area (Å²) in [7, 11) is 0. The van der Waals surface area contributed by atoms with Crippen molar-refractivity contribution in [1.82, 2.24) is 0 Å². The molecule has 0 fully saturated rings. The van der Waals surface area contributed by atoms with Gasteiger partial charge in [-0.15, -0.1) is 0 Å². The van der Waals surface area contributed by atoms with E-state index < -0.39 is 0 Å². The van der Waals surface area contributed by atoms with Crippen molar-refractivity contribution in [2.75, 3.05) is 0 Å². The van der Waals surface area contributed by atoms with Gasteiger partial charge in [0.25, 0.3) is 0 Å². The summed E-state index contributed by atoms with van der Waals surface area (Å²) in [5.41, 5.74) is 7.47. The molecule has 0 saturated carbocycles. The van der Waals surface area contributed by atoms with Crippen LogP contribution in [-0.4, -0.2) is 4.99 Å². The third-order valence-electron chi connectivity index (χ3n) is 2.58. The second kappa shape index (κ2) is 6.03. The van der Waals surface area contributed by atoms with Crippen LogP contribution < -0.4 is 10.5 Å². The smallest absolute Gasteiger partial charge is 0.138 e. The maximum Gasteiger partial charge on any atom is 0.138 e. The highest BCUT2D eigenvalue weighted by molar-refractivity contribution is 9.10. The zero-order valence-electron chi connectivity index (χ0n) is 10.1. The second-order valence-corrected chi connectivity index (χ2v) is 6.29. The first-order chi connectivity index (χ1) is 8.97. The number of rotatable bonds is 3. The molecular formula is C14H11Br2NOS. The average Bonchev–Trinajstić information content (AvgIpc) is 2.33. The highest BCUT2D eigenvalue weighted by atomic mass is 79.9. The summed E-state index contributed by atoms with van der Waals surface area (Å²) in [6.45, 7) is 1.99. The van der Waals surface area contributed by atoms with Crippen LogP contribution in [0.2, 0.25) is 0 Å². The van der Waals surface area contributed by atoms with E-state index in [1.807, 2.05) is 43.3 Å². The first-order valence-corrected chi connectivity index (χ1v) is 7.50. The molecule has 0 atom stereocenters. The second-order valence-electron chi connectivity index (χ2n) is 4.02. The van der Waals surface area contributed by atoms with Crippen LogP contribution in [0, 0.1) is 6.92 Å². The first kappa shape index (κ1) is 14.5. The Morgan fingerprint density at radius 1 is 1.05 bits per heavy atom. The summed E-state index contributed by atoms with van der Waals surface area (Å²) in [6.07, 6.45) is 0. The van der Waals surface area contributed by atoms with Crippen LogP contribution in [-0.2, 0) is 0 Å². The molecule has 0 bridgehead atoms. The van der Waals surface area contributed by atoms with E-state index in [1.54, 1.807) is 0 Å². The van der Waals surface area contributed by atoms with Crippen LogP contribution >= 0.6 is 44.1 Å². The number of ether oxygens (including phenoxy) is 1. The van der Waals surface area contributed by atoms with Crippen LogP contribution in [0.3, 0.4) is 0 Å². The van der Waals surface area contributed by atoms with Crippen molar-refractivity contribution in [3.63, 3.8) is 0 Å².